The number of benzene rings is 1. The molecule has 118 valence electrons. The SMILES string of the molecule is CN(CC(=O)O)C(=O)CNC(=O)N1CCc2ccccc2C1. The molecule has 2 N–H and O–H groups in total. The van der Waals surface area contributed by atoms with Crippen molar-refractivity contribution in [2.75, 3.05) is 26.7 Å². The van der Waals surface area contributed by atoms with Crippen LogP contribution >= 0.6 is 0 Å². The molecule has 1 aromatic rings. The number of hydrogen-bond acceptors (Lipinski definition) is 3. The summed E-state index contributed by atoms with van der Waals surface area (Å²) in [5, 5.41) is 11.2. The molecule has 7 nitrogen and oxygen atoms in total. The van der Waals surface area contributed by atoms with Crippen molar-refractivity contribution >= 4 is 17.9 Å². The Balaban J connectivity index is 1.84. The van der Waals surface area contributed by atoms with E-state index in [0.717, 1.165) is 16.9 Å². The Morgan fingerprint density at radius 3 is 2.64 bits per heavy atom. The third-order valence-electron chi connectivity index (χ3n) is 3.61. The van der Waals surface area contributed by atoms with Crippen LogP contribution < -0.4 is 5.32 Å². The largest absolute Gasteiger partial charge is 0.480 e. The van der Waals surface area contributed by atoms with Gasteiger partial charge in [0.25, 0.3) is 0 Å². The summed E-state index contributed by atoms with van der Waals surface area (Å²) in [5.74, 6) is -1.53. The maximum Gasteiger partial charge on any atom is 0.323 e. The minimum Gasteiger partial charge on any atom is -0.480 e. The molecule has 0 atom stereocenters. The molecule has 0 fully saturated rings. The number of fused-ring (bicyclic) bond motifs is 1. The Bertz CT molecular complexity index is 588. The average Bonchev–Trinajstić information content (AvgIpc) is 2.51. The Hall–Kier alpha value is -2.57. The van der Waals surface area contributed by atoms with Crippen molar-refractivity contribution in [3.8, 4) is 0 Å². The van der Waals surface area contributed by atoms with E-state index < -0.39 is 11.9 Å². The highest BCUT2D eigenvalue weighted by Crippen LogP contribution is 2.18. The fourth-order valence-electron chi connectivity index (χ4n) is 2.36. The molecule has 0 spiro atoms. The fourth-order valence-corrected chi connectivity index (χ4v) is 2.36. The molecule has 1 aliphatic rings. The van der Waals surface area contributed by atoms with E-state index in [-0.39, 0.29) is 19.1 Å². The minimum atomic E-state index is -1.09. The van der Waals surface area contributed by atoms with Gasteiger partial charge in [0.2, 0.25) is 5.91 Å². The molecule has 0 aliphatic carbocycles. The van der Waals surface area contributed by atoms with E-state index in [2.05, 4.69) is 11.4 Å². The molecule has 0 saturated heterocycles. The summed E-state index contributed by atoms with van der Waals surface area (Å²) in [6, 6.07) is 7.64. The molecule has 22 heavy (non-hydrogen) atoms. The lowest BCUT2D eigenvalue weighted by Crippen LogP contribution is -2.47. The lowest BCUT2D eigenvalue weighted by atomic mass is 10.0. The van der Waals surface area contributed by atoms with E-state index in [0.29, 0.717) is 13.1 Å². The van der Waals surface area contributed by atoms with Crippen molar-refractivity contribution in [2.45, 2.75) is 13.0 Å². The first-order chi connectivity index (χ1) is 10.5. The number of nitrogens with zero attached hydrogens (tertiary/aromatic N) is 2. The Morgan fingerprint density at radius 1 is 1.27 bits per heavy atom. The quantitative estimate of drug-likeness (QED) is 0.837. The molecular weight excluding hydrogens is 286 g/mol. The number of carbonyl (C=O) groups is 3. The predicted molar refractivity (Wildman–Crippen MR) is 79.2 cm³/mol. The van der Waals surface area contributed by atoms with Crippen molar-refractivity contribution in [2.24, 2.45) is 0 Å². The first-order valence-electron chi connectivity index (χ1n) is 7.02. The lowest BCUT2D eigenvalue weighted by Gasteiger charge is -2.29. The Morgan fingerprint density at radius 2 is 1.95 bits per heavy atom. The monoisotopic (exact) mass is 305 g/mol. The summed E-state index contributed by atoms with van der Waals surface area (Å²) in [4.78, 5) is 37.0. The number of likely N-dealkylation sites (N-methyl/N-ethyl adjacent to an activating group) is 1. The number of urea groups is 1. The van der Waals surface area contributed by atoms with Gasteiger partial charge in [-0.15, -0.1) is 0 Å². The van der Waals surface area contributed by atoms with Crippen LogP contribution in [-0.4, -0.2) is 59.5 Å². The zero-order chi connectivity index (χ0) is 16.1. The number of amides is 3. The van der Waals surface area contributed by atoms with Gasteiger partial charge in [-0.1, -0.05) is 24.3 Å². The molecule has 2 rings (SSSR count). The number of rotatable bonds is 4. The molecule has 0 unspecified atom stereocenters. The van der Waals surface area contributed by atoms with E-state index in [1.807, 2.05) is 18.2 Å². The zero-order valence-electron chi connectivity index (χ0n) is 12.4. The van der Waals surface area contributed by atoms with Gasteiger partial charge in [-0.2, -0.15) is 0 Å². The summed E-state index contributed by atoms with van der Waals surface area (Å²) in [6.45, 7) is 0.524. The Labute approximate surface area is 128 Å². The van der Waals surface area contributed by atoms with Crippen molar-refractivity contribution in [3.05, 3.63) is 35.4 Å². The van der Waals surface area contributed by atoms with Crippen molar-refractivity contribution in [3.63, 3.8) is 0 Å². The second-order valence-corrected chi connectivity index (χ2v) is 5.24. The third kappa shape index (κ3) is 3.97. The number of aliphatic carboxylic acids is 1. The molecule has 0 aromatic heterocycles. The number of carbonyl (C=O) groups excluding carboxylic acids is 2. The van der Waals surface area contributed by atoms with Gasteiger partial charge in [0.1, 0.15) is 6.54 Å². The standard InChI is InChI=1S/C15H19N3O4/c1-17(10-14(20)21)13(19)8-16-15(22)18-7-6-11-4-2-3-5-12(11)9-18/h2-5H,6-10H2,1H3,(H,16,22)(H,20,21). The van der Waals surface area contributed by atoms with Gasteiger partial charge in [0.05, 0.1) is 6.54 Å². The normalized spacial score (nSPS) is 13.2. The average molecular weight is 305 g/mol. The van der Waals surface area contributed by atoms with Crippen LogP contribution in [0.2, 0.25) is 0 Å². The van der Waals surface area contributed by atoms with Gasteiger partial charge in [-0.3, -0.25) is 9.59 Å². The molecular formula is C15H19N3O4. The van der Waals surface area contributed by atoms with E-state index in [1.54, 1.807) is 4.90 Å². The van der Waals surface area contributed by atoms with Crippen LogP contribution in [0, 0.1) is 0 Å². The second-order valence-electron chi connectivity index (χ2n) is 5.24. The fraction of sp³-hybridized carbons (Fsp3) is 0.400. The van der Waals surface area contributed by atoms with Crippen LogP contribution in [0.25, 0.3) is 0 Å². The minimum absolute atomic E-state index is 0.208. The van der Waals surface area contributed by atoms with Gasteiger partial charge in [-0.05, 0) is 17.5 Å². The first-order valence-corrected chi connectivity index (χ1v) is 7.02. The maximum atomic E-state index is 12.1. The molecule has 1 heterocycles. The topological polar surface area (TPSA) is 90.0 Å². The molecule has 1 aliphatic heterocycles. The highest BCUT2D eigenvalue weighted by molar-refractivity contribution is 5.86. The van der Waals surface area contributed by atoms with Gasteiger partial charge < -0.3 is 20.2 Å². The molecule has 0 bridgehead atoms. The summed E-state index contributed by atoms with van der Waals surface area (Å²) in [6.07, 6.45) is 0.788. The van der Waals surface area contributed by atoms with Crippen LogP contribution in [0.4, 0.5) is 4.79 Å². The van der Waals surface area contributed by atoms with Crippen molar-refractivity contribution < 1.29 is 19.5 Å². The van der Waals surface area contributed by atoms with Crippen LogP contribution in [0.15, 0.2) is 24.3 Å². The molecule has 0 radical (unpaired) electrons. The molecule has 1 aromatic carbocycles. The van der Waals surface area contributed by atoms with Crippen molar-refractivity contribution in [1.82, 2.24) is 15.1 Å². The predicted octanol–water partition coefficient (Wildman–Crippen LogP) is 0.297. The molecule has 0 saturated carbocycles. The van der Waals surface area contributed by atoms with Gasteiger partial charge >= 0.3 is 12.0 Å². The Kier molecular flexibility index (Phi) is 4.98. The third-order valence-corrected chi connectivity index (χ3v) is 3.61. The first kappa shape index (κ1) is 15.8. The van der Waals surface area contributed by atoms with Crippen LogP contribution in [-0.2, 0) is 22.6 Å². The molecule has 3 amide bonds. The van der Waals surface area contributed by atoms with Gasteiger partial charge in [0.15, 0.2) is 0 Å². The number of carboxylic acid groups (broad SMARTS) is 1. The van der Waals surface area contributed by atoms with Crippen molar-refractivity contribution in [1.29, 1.82) is 0 Å². The summed E-state index contributed by atoms with van der Waals surface area (Å²) < 4.78 is 0. The highest BCUT2D eigenvalue weighted by atomic mass is 16.4. The summed E-state index contributed by atoms with van der Waals surface area (Å²) in [5.41, 5.74) is 2.35. The van der Waals surface area contributed by atoms with Crippen LogP contribution in [0.1, 0.15) is 11.1 Å². The van der Waals surface area contributed by atoms with Crippen LogP contribution in [0.5, 0.6) is 0 Å². The second kappa shape index (κ2) is 6.93. The van der Waals surface area contributed by atoms with Crippen LogP contribution in [0.3, 0.4) is 0 Å². The number of carboxylic acids is 1. The van der Waals surface area contributed by atoms with E-state index >= 15 is 0 Å². The van der Waals surface area contributed by atoms with E-state index in [4.69, 9.17) is 5.11 Å². The maximum absolute atomic E-state index is 12.1. The summed E-state index contributed by atoms with van der Waals surface area (Å²) >= 11 is 0. The van der Waals surface area contributed by atoms with E-state index in [9.17, 15) is 14.4 Å². The number of hydrogen-bond donors (Lipinski definition) is 2. The molecule has 7 heteroatoms. The zero-order valence-corrected chi connectivity index (χ0v) is 12.4. The lowest BCUT2D eigenvalue weighted by molar-refractivity contribution is -0.143. The number of nitrogens with one attached hydrogen (secondary N) is 1. The summed E-state index contributed by atoms with van der Waals surface area (Å²) in [7, 11) is 1.39. The highest BCUT2D eigenvalue weighted by Gasteiger charge is 2.21. The van der Waals surface area contributed by atoms with Gasteiger partial charge in [0, 0.05) is 20.1 Å². The van der Waals surface area contributed by atoms with E-state index in [1.165, 1.54) is 12.6 Å². The smallest absolute Gasteiger partial charge is 0.323 e. The van der Waals surface area contributed by atoms with Gasteiger partial charge in [-0.25, -0.2) is 4.79 Å².